The Kier molecular flexibility index (Phi) is 4.39. The van der Waals surface area contributed by atoms with Crippen molar-refractivity contribution in [1.82, 2.24) is 4.90 Å². The van der Waals surface area contributed by atoms with Crippen molar-refractivity contribution in [3.8, 4) is 0 Å². The molecule has 4 heteroatoms. The van der Waals surface area contributed by atoms with E-state index in [0.717, 1.165) is 32.0 Å². The summed E-state index contributed by atoms with van der Waals surface area (Å²) in [5, 5.41) is 0.639. The number of hydrogen-bond donors (Lipinski definition) is 0. The highest BCUT2D eigenvalue weighted by Gasteiger charge is 2.12. The molecule has 0 spiro atoms. The van der Waals surface area contributed by atoms with E-state index in [0.29, 0.717) is 10.6 Å². The van der Waals surface area contributed by atoms with Gasteiger partial charge in [-0.3, -0.25) is 4.79 Å². The van der Waals surface area contributed by atoms with E-state index in [1.807, 2.05) is 6.92 Å². The predicted octanol–water partition coefficient (Wildman–Crippen LogP) is 2.76. The number of nitrogens with zero attached hydrogens (tertiary/aromatic N) is 1. The summed E-state index contributed by atoms with van der Waals surface area (Å²) >= 11 is 5.79. The van der Waals surface area contributed by atoms with Crippen LogP contribution in [0.2, 0.25) is 5.02 Å². The van der Waals surface area contributed by atoms with Gasteiger partial charge in [-0.15, -0.1) is 0 Å². The Hall–Kier alpha value is -1.32. The summed E-state index contributed by atoms with van der Waals surface area (Å²) in [6, 6.07) is 6.95. The first-order chi connectivity index (χ1) is 8.66. The molecule has 1 saturated heterocycles. The molecule has 0 N–H and O–H groups in total. The van der Waals surface area contributed by atoms with Gasteiger partial charge in [-0.1, -0.05) is 11.6 Å². The normalized spacial score (nSPS) is 16.8. The minimum Gasteiger partial charge on any atom is -0.378 e. The average Bonchev–Trinajstić information content (AvgIpc) is 2.40. The molecular weight excluding hydrogens is 250 g/mol. The Labute approximate surface area is 112 Å². The number of morpholine rings is 1. The van der Waals surface area contributed by atoms with Crippen molar-refractivity contribution in [2.45, 2.75) is 6.92 Å². The molecule has 1 aromatic carbocycles. The summed E-state index contributed by atoms with van der Waals surface area (Å²) in [4.78, 5) is 14.2. The first-order valence-corrected chi connectivity index (χ1v) is 6.35. The zero-order valence-corrected chi connectivity index (χ0v) is 11.1. The molecule has 1 fully saturated rings. The number of hydrogen-bond acceptors (Lipinski definition) is 3. The van der Waals surface area contributed by atoms with Crippen LogP contribution in [0.1, 0.15) is 17.3 Å². The largest absolute Gasteiger partial charge is 0.378 e. The number of carbonyl (C=O) groups is 1. The number of allylic oxidation sites excluding steroid dienone is 2. The summed E-state index contributed by atoms with van der Waals surface area (Å²) in [6.45, 7) is 5.09. The van der Waals surface area contributed by atoms with E-state index in [1.54, 1.807) is 30.3 Å². The van der Waals surface area contributed by atoms with Gasteiger partial charge in [0.2, 0.25) is 0 Å². The second kappa shape index (κ2) is 6.03. The van der Waals surface area contributed by atoms with Gasteiger partial charge >= 0.3 is 0 Å². The number of ketones is 1. The van der Waals surface area contributed by atoms with Crippen molar-refractivity contribution >= 4 is 17.4 Å². The van der Waals surface area contributed by atoms with E-state index in [2.05, 4.69) is 4.90 Å². The fourth-order valence-electron chi connectivity index (χ4n) is 1.89. The van der Waals surface area contributed by atoms with E-state index in [4.69, 9.17) is 16.3 Å². The fourth-order valence-corrected chi connectivity index (χ4v) is 2.02. The summed E-state index contributed by atoms with van der Waals surface area (Å²) in [7, 11) is 0. The van der Waals surface area contributed by atoms with Crippen molar-refractivity contribution in [2.75, 3.05) is 26.3 Å². The highest BCUT2D eigenvalue weighted by Crippen LogP contribution is 2.13. The smallest absolute Gasteiger partial charge is 0.187 e. The Morgan fingerprint density at radius 3 is 2.50 bits per heavy atom. The van der Waals surface area contributed by atoms with Gasteiger partial charge < -0.3 is 9.64 Å². The second-order valence-corrected chi connectivity index (χ2v) is 4.69. The molecule has 0 radical (unpaired) electrons. The lowest BCUT2D eigenvalue weighted by Crippen LogP contribution is -2.35. The van der Waals surface area contributed by atoms with Crippen molar-refractivity contribution in [2.24, 2.45) is 0 Å². The van der Waals surface area contributed by atoms with E-state index >= 15 is 0 Å². The van der Waals surface area contributed by atoms with Crippen LogP contribution < -0.4 is 0 Å². The summed E-state index contributed by atoms with van der Waals surface area (Å²) in [5.41, 5.74) is 1.64. The first-order valence-electron chi connectivity index (χ1n) is 5.98. The van der Waals surface area contributed by atoms with Crippen molar-refractivity contribution in [3.63, 3.8) is 0 Å². The van der Waals surface area contributed by atoms with Crippen molar-refractivity contribution in [3.05, 3.63) is 46.6 Å². The molecule has 96 valence electrons. The minimum absolute atomic E-state index is 0.00987. The lowest BCUT2D eigenvalue weighted by atomic mass is 10.1. The molecule has 2 rings (SSSR count). The molecule has 0 unspecified atom stereocenters. The third-order valence-electron chi connectivity index (χ3n) is 2.98. The average molecular weight is 266 g/mol. The van der Waals surface area contributed by atoms with Crippen LogP contribution in [0.15, 0.2) is 36.0 Å². The van der Waals surface area contributed by atoms with Gasteiger partial charge in [-0.05, 0) is 31.2 Å². The van der Waals surface area contributed by atoms with Gasteiger partial charge in [0, 0.05) is 35.4 Å². The van der Waals surface area contributed by atoms with Crippen LogP contribution in [-0.2, 0) is 4.74 Å². The van der Waals surface area contributed by atoms with Gasteiger partial charge in [0.1, 0.15) is 0 Å². The summed E-state index contributed by atoms with van der Waals surface area (Å²) in [5.74, 6) is 0.00987. The summed E-state index contributed by atoms with van der Waals surface area (Å²) in [6.07, 6.45) is 1.68. The first kappa shape index (κ1) is 13.1. The molecule has 1 aliphatic rings. The van der Waals surface area contributed by atoms with Crippen LogP contribution in [0.4, 0.5) is 0 Å². The minimum atomic E-state index is 0.00987. The zero-order valence-electron chi connectivity index (χ0n) is 10.4. The van der Waals surface area contributed by atoms with Crippen LogP contribution in [-0.4, -0.2) is 37.0 Å². The molecule has 0 amide bonds. The van der Waals surface area contributed by atoms with Crippen molar-refractivity contribution in [1.29, 1.82) is 0 Å². The zero-order chi connectivity index (χ0) is 13.0. The number of carbonyl (C=O) groups excluding carboxylic acids is 1. The maximum absolute atomic E-state index is 12.0. The predicted molar refractivity (Wildman–Crippen MR) is 71.9 cm³/mol. The second-order valence-electron chi connectivity index (χ2n) is 4.26. The Morgan fingerprint density at radius 2 is 1.89 bits per heavy atom. The van der Waals surface area contributed by atoms with Crippen LogP contribution in [0.5, 0.6) is 0 Å². The highest BCUT2D eigenvalue weighted by atomic mass is 35.5. The number of halogens is 1. The SMILES string of the molecule is CC(=CC(=O)c1ccc(Cl)cc1)N1CCOCC1. The van der Waals surface area contributed by atoms with Crippen LogP contribution in [0, 0.1) is 0 Å². The molecule has 0 bridgehead atoms. The molecule has 3 nitrogen and oxygen atoms in total. The van der Waals surface area contributed by atoms with Gasteiger partial charge in [0.05, 0.1) is 13.2 Å². The fraction of sp³-hybridized carbons (Fsp3) is 0.357. The number of benzene rings is 1. The Balaban J connectivity index is 2.06. The molecule has 1 aromatic rings. The van der Waals surface area contributed by atoms with Crippen LogP contribution >= 0.6 is 11.6 Å². The highest BCUT2D eigenvalue weighted by molar-refractivity contribution is 6.30. The molecule has 0 aromatic heterocycles. The van der Waals surface area contributed by atoms with Gasteiger partial charge in [-0.25, -0.2) is 0 Å². The number of rotatable bonds is 3. The molecular formula is C14H16ClNO2. The van der Waals surface area contributed by atoms with E-state index in [-0.39, 0.29) is 5.78 Å². The van der Waals surface area contributed by atoms with E-state index in [1.165, 1.54) is 0 Å². The quantitative estimate of drug-likeness (QED) is 0.622. The lowest BCUT2D eigenvalue weighted by molar-refractivity contribution is 0.0534. The standard InChI is InChI=1S/C14H16ClNO2/c1-11(16-6-8-18-9-7-16)10-14(17)12-2-4-13(15)5-3-12/h2-5,10H,6-9H2,1H3. The van der Waals surface area contributed by atoms with Gasteiger partial charge in [-0.2, -0.15) is 0 Å². The molecule has 0 atom stereocenters. The maximum atomic E-state index is 12.0. The summed E-state index contributed by atoms with van der Waals surface area (Å²) < 4.78 is 5.28. The van der Waals surface area contributed by atoms with Crippen LogP contribution in [0.25, 0.3) is 0 Å². The Bertz CT molecular complexity index is 447. The third kappa shape index (κ3) is 3.34. The monoisotopic (exact) mass is 265 g/mol. The third-order valence-corrected chi connectivity index (χ3v) is 3.23. The molecule has 0 saturated carbocycles. The topological polar surface area (TPSA) is 29.5 Å². The lowest BCUT2D eigenvalue weighted by Gasteiger charge is -2.29. The molecule has 18 heavy (non-hydrogen) atoms. The van der Waals surface area contributed by atoms with Gasteiger partial charge in [0.25, 0.3) is 0 Å². The van der Waals surface area contributed by atoms with Crippen molar-refractivity contribution < 1.29 is 9.53 Å². The maximum Gasteiger partial charge on any atom is 0.187 e. The van der Waals surface area contributed by atoms with E-state index in [9.17, 15) is 4.79 Å². The van der Waals surface area contributed by atoms with Gasteiger partial charge in [0.15, 0.2) is 5.78 Å². The van der Waals surface area contributed by atoms with Crippen LogP contribution in [0.3, 0.4) is 0 Å². The van der Waals surface area contributed by atoms with E-state index < -0.39 is 0 Å². The number of ether oxygens (including phenoxy) is 1. The molecule has 0 aliphatic carbocycles. The Morgan fingerprint density at radius 1 is 1.28 bits per heavy atom. The molecule has 1 heterocycles. The molecule has 1 aliphatic heterocycles.